The van der Waals surface area contributed by atoms with Crippen LogP contribution in [-0.4, -0.2) is 51.9 Å². The van der Waals surface area contributed by atoms with Gasteiger partial charge in [0.15, 0.2) is 11.2 Å². The van der Waals surface area contributed by atoms with E-state index in [0.717, 1.165) is 50.1 Å². The Bertz CT molecular complexity index is 2030. The van der Waals surface area contributed by atoms with Gasteiger partial charge in [0.25, 0.3) is 5.91 Å². The lowest BCUT2D eigenvalue weighted by atomic mass is 9.97. The molecule has 0 spiro atoms. The third-order valence-electron chi connectivity index (χ3n) is 9.13. The number of para-hydroxylation sites is 1. The van der Waals surface area contributed by atoms with Crippen LogP contribution >= 0.6 is 11.6 Å². The van der Waals surface area contributed by atoms with E-state index in [9.17, 15) is 14.4 Å². The fraction of sp³-hybridized carbons (Fsp3) is 0.263. The molecule has 0 radical (unpaired) electrons. The number of nitrogens with zero attached hydrogens (tertiary/aromatic N) is 4. The third-order valence-corrected chi connectivity index (χ3v) is 9.38. The molecular formula is C38H36ClN5O4. The maximum Gasteiger partial charge on any atom is 0.287 e. The van der Waals surface area contributed by atoms with Gasteiger partial charge in [0, 0.05) is 67.5 Å². The molecule has 0 aliphatic carbocycles. The molecule has 7 rings (SSSR count). The predicted molar refractivity (Wildman–Crippen MR) is 187 cm³/mol. The molecular weight excluding hydrogens is 626 g/mol. The molecule has 2 aromatic heterocycles. The van der Waals surface area contributed by atoms with Crippen molar-refractivity contribution in [2.24, 2.45) is 0 Å². The van der Waals surface area contributed by atoms with Gasteiger partial charge in [0.05, 0.1) is 17.8 Å². The highest BCUT2D eigenvalue weighted by Gasteiger charge is 2.24. The number of halogens is 1. The molecule has 2 aliphatic rings. The highest BCUT2D eigenvalue weighted by atomic mass is 35.5. The number of carbonyl (C=O) groups is 2. The number of rotatable bonds is 9. The van der Waals surface area contributed by atoms with Crippen LogP contribution in [0.25, 0.3) is 16.7 Å². The molecule has 2 fully saturated rings. The molecule has 0 saturated carbocycles. The summed E-state index contributed by atoms with van der Waals surface area (Å²) in [6, 6.07) is 22.1. The minimum Gasteiger partial charge on any atom is -0.451 e. The number of hydrogen-bond donors (Lipinski definition) is 1. The Morgan fingerprint density at radius 2 is 1.79 bits per heavy atom. The second-order valence-corrected chi connectivity index (χ2v) is 12.8. The van der Waals surface area contributed by atoms with Gasteiger partial charge in [-0.15, -0.1) is 0 Å². The summed E-state index contributed by atoms with van der Waals surface area (Å²) in [7, 11) is 0. The highest BCUT2D eigenvalue weighted by Crippen LogP contribution is 2.29. The zero-order valence-corrected chi connectivity index (χ0v) is 27.2. The summed E-state index contributed by atoms with van der Waals surface area (Å²) in [5.41, 5.74) is 5.44. The number of aromatic nitrogens is 2. The standard InChI is InChI=1S/C38H36ClN5O4/c39-29-9-7-26(8-10-29)20-30(41-38(47)36-23-34(45)32-22-31(11-12-35(32)48-36)44-19-15-40-25-44)21-27-13-17-42(18-14-27)33-5-2-1-4-28(33)24-43-16-3-6-37(43)46/h1-2,4-5,7-12,15,19,21-23,25,30H,3,6,13-14,16-18,20,24H2,(H,41,47)/t30-/m0/s1. The first-order valence-corrected chi connectivity index (χ1v) is 16.7. The molecule has 0 bridgehead atoms. The lowest BCUT2D eigenvalue weighted by Gasteiger charge is -2.33. The van der Waals surface area contributed by atoms with Crippen molar-refractivity contribution >= 4 is 40.1 Å². The van der Waals surface area contributed by atoms with Crippen molar-refractivity contribution in [2.45, 2.75) is 44.7 Å². The number of likely N-dealkylation sites (tertiary alicyclic amines) is 1. The van der Waals surface area contributed by atoms with E-state index < -0.39 is 5.91 Å². The molecule has 0 unspecified atom stereocenters. The molecule has 2 amide bonds. The minimum atomic E-state index is -0.452. The van der Waals surface area contributed by atoms with Crippen molar-refractivity contribution in [3.63, 3.8) is 0 Å². The summed E-state index contributed by atoms with van der Waals surface area (Å²) in [4.78, 5) is 47.4. The predicted octanol–water partition coefficient (Wildman–Crippen LogP) is 6.32. The zero-order valence-electron chi connectivity index (χ0n) is 26.5. The van der Waals surface area contributed by atoms with Crippen LogP contribution in [0, 0.1) is 0 Å². The van der Waals surface area contributed by atoms with Crippen LogP contribution in [0.3, 0.4) is 0 Å². The molecule has 2 aliphatic heterocycles. The van der Waals surface area contributed by atoms with Gasteiger partial charge in [-0.3, -0.25) is 14.4 Å². The highest BCUT2D eigenvalue weighted by molar-refractivity contribution is 6.30. The number of hydrogen-bond acceptors (Lipinski definition) is 6. The van der Waals surface area contributed by atoms with E-state index >= 15 is 0 Å². The Morgan fingerprint density at radius 3 is 2.54 bits per heavy atom. The lowest BCUT2D eigenvalue weighted by molar-refractivity contribution is -0.128. The lowest BCUT2D eigenvalue weighted by Crippen LogP contribution is -2.37. The van der Waals surface area contributed by atoms with Crippen molar-refractivity contribution in [3.05, 3.63) is 135 Å². The number of imidazole rings is 1. The van der Waals surface area contributed by atoms with Crippen LogP contribution < -0.4 is 15.6 Å². The smallest absolute Gasteiger partial charge is 0.287 e. The molecule has 1 atom stereocenters. The van der Waals surface area contributed by atoms with Crippen LogP contribution in [0.15, 0.2) is 112 Å². The van der Waals surface area contributed by atoms with Crippen molar-refractivity contribution in [3.8, 4) is 5.69 Å². The largest absolute Gasteiger partial charge is 0.451 e. The van der Waals surface area contributed by atoms with Gasteiger partial charge in [0.1, 0.15) is 5.58 Å². The molecule has 48 heavy (non-hydrogen) atoms. The molecule has 1 N–H and O–H groups in total. The van der Waals surface area contributed by atoms with Crippen LogP contribution in [0.5, 0.6) is 0 Å². The molecule has 10 heteroatoms. The van der Waals surface area contributed by atoms with E-state index in [1.807, 2.05) is 41.3 Å². The van der Waals surface area contributed by atoms with Crippen LogP contribution in [0.2, 0.25) is 5.02 Å². The number of anilines is 1. The number of piperidine rings is 1. The first-order valence-electron chi connectivity index (χ1n) is 16.3. The Hall–Kier alpha value is -5.15. The maximum atomic E-state index is 13.6. The Morgan fingerprint density at radius 1 is 0.979 bits per heavy atom. The van der Waals surface area contributed by atoms with E-state index in [1.165, 1.54) is 22.9 Å². The van der Waals surface area contributed by atoms with Gasteiger partial charge in [-0.2, -0.15) is 0 Å². The summed E-state index contributed by atoms with van der Waals surface area (Å²) in [6.07, 6.45) is 11.1. The van der Waals surface area contributed by atoms with E-state index in [4.69, 9.17) is 16.0 Å². The number of nitrogens with one attached hydrogen (secondary N) is 1. The van der Waals surface area contributed by atoms with Crippen LogP contribution in [0.1, 0.15) is 47.4 Å². The number of amides is 2. The van der Waals surface area contributed by atoms with Gasteiger partial charge >= 0.3 is 0 Å². The number of fused-ring (bicyclic) bond motifs is 1. The van der Waals surface area contributed by atoms with Crippen molar-refractivity contribution in [2.75, 3.05) is 24.5 Å². The van der Waals surface area contributed by atoms with E-state index in [0.29, 0.717) is 35.4 Å². The zero-order chi connectivity index (χ0) is 33.0. The number of benzene rings is 3. The first-order chi connectivity index (χ1) is 23.4. The average Bonchev–Trinajstić information content (AvgIpc) is 3.79. The van der Waals surface area contributed by atoms with Crippen molar-refractivity contribution < 1.29 is 14.0 Å². The molecule has 5 aromatic rings. The fourth-order valence-corrected chi connectivity index (χ4v) is 6.74. The SMILES string of the molecule is O=C(N[C@H](C=C1CCN(c2ccccc2CN2CCCC2=O)CC1)Cc1ccc(Cl)cc1)c1cc(=O)c2cc(-n3ccnc3)ccc2o1. The summed E-state index contributed by atoms with van der Waals surface area (Å²) in [6.45, 7) is 3.12. The Balaban J connectivity index is 1.08. The maximum absolute atomic E-state index is 13.6. The van der Waals surface area contributed by atoms with Crippen LogP contribution in [-0.2, 0) is 17.8 Å². The number of carbonyl (C=O) groups excluding carboxylic acids is 2. The van der Waals surface area contributed by atoms with E-state index in [-0.39, 0.29) is 23.1 Å². The van der Waals surface area contributed by atoms with Gasteiger partial charge in [0.2, 0.25) is 5.91 Å². The summed E-state index contributed by atoms with van der Waals surface area (Å²) in [5, 5.41) is 4.16. The normalized spacial score (nSPS) is 15.6. The second kappa shape index (κ2) is 13.9. The Kier molecular flexibility index (Phi) is 9.12. The van der Waals surface area contributed by atoms with Gasteiger partial charge < -0.3 is 24.1 Å². The second-order valence-electron chi connectivity index (χ2n) is 12.4. The van der Waals surface area contributed by atoms with Crippen molar-refractivity contribution in [1.82, 2.24) is 19.8 Å². The average molecular weight is 662 g/mol. The minimum absolute atomic E-state index is 0.0368. The molecule has 244 valence electrons. The van der Waals surface area contributed by atoms with Gasteiger partial charge in [-0.05, 0) is 73.2 Å². The molecule has 3 aromatic carbocycles. The fourth-order valence-electron chi connectivity index (χ4n) is 6.61. The van der Waals surface area contributed by atoms with Gasteiger partial charge in [-0.25, -0.2) is 4.98 Å². The molecule has 4 heterocycles. The topological polar surface area (TPSA) is 101 Å². The summed E-state index contributed by atoms with van der Waals surface area (Å²) >= 11 is 6.15. The summed E-state index contributed by atoms with van der Waals surface area (Å²) < 4.78 is 7.76. The van der Waals surface area contributed by atoms with Crippen molar-refractivity contribution in [1.29, 1.82) is 0 Å². The third kappa shape index (κ3) is 7.06. The van der Waals surface area contributed by atoms with E-state index in [2.05, 4.69) is 39.5 Å². The van der Waals surface area contributed by atoms with E-state index in [1.54, 1.807) is 35.4 Å². The monoisotopic (exact) mass is 661 g/mol. The molecule has 2 saturated heterocycles. The quantitative estimate of drug-likeness (QED) is 0.186. The summed E-state index contributed by atoms with van der Waals surface area (Å²) in [5.74, 6) is -0.262. The first kappa shape index (κ1) is 31.4. The Labute approximate surface area is 283 Å². The van der Waals surface area contributed by atoms with Crippen LogP contribution in [0.4, 0.5) is 5.69 Å². The van der Waals surface area contributed by atoms with Gasteiger partial charge in [-0.1, -0.05) is 53.6 Å². The molecule has 9 nitrogen and oxygen atoms in total.